The van der Waals surface area contributed by atoms with Crippen molar-refractivity contribution in [3.63, 3.8) is 0 Å². The SMILES string of the molecule is CCCOc1cccnc1NCC(CC)(CC)CN. The highest BCUT2D eigenvalue weighted by atomic mass is 16.5. The van der Waals surface area contributed by atoms with Crippen molar-refractivity contribution in [1.29, 1.82) is 0 Å². The molecule has 19 heavy (non-hydrogen) atoms. The topological polar surface area (TPSA) is 60.2 Å². The van der Waals surface area contributed by atoms with E-state index in [4.69, 9.17) is 10.5 Å². The molecule has 1 aromatic rings. The van der Waals surface area contributed by atoms with Crippen molar-refractivity contribution in [2.45, 2.75) is 40.0 Å². The van der Waals surface area contributed by atoms with Gasteiger partial charge in [-0.05, 0) is 43.4 Å². The zero-order valence-electron chi connectivity index (χ0n) is 12.4. The monoisotopic (exact) mass is 265 g/mol. The fourth-order valence-corrected chi connectivity index (χ4v) is 1.98. The molecular weight excluding hydrogens is 238 g/mol. The third-order valence-corrected chi connectivity index (χ3v) is 3.80. The van der Waals surface area contributed by atoms with Gasteiger partial charge < -0.3 is 15.8 Å². The number of nitrogens with two attached hydrogens (primary N) is 1. The zero-order valence-corrected chi connectivity index (χ0v) is 12.4. The quantitative estimate of drug-likeness (QED) is 0.720. The highest BCUT2D eigenvalue weighted by Crippen LogP contribution is 2.27. The summed E-state index contributed by atoms with van der Waals surface area (Å²) in [6.07, 6.45) is 4.89. The van der Waals surface area contributed by atoms with E-state index >= 15 is 0 Å². The molecule has 0 aliphatic rings. The number of hydrogen-bond donors (Lipinski definition) is 2. The van der Waals surface area contributed by atoms with Crippen LogP contribution in [-0.4, -0.2) is 24.7 Å². The minimum absolute atomic E-state index is 0.138. The minimum atomic E-state index is 0.138. The van der Waals surface area contributed by atoms with Crippen molar-refractivity contribution in [1.82, 2.24) is 4.98 Å². The number of anilines is 1. The van der Waals surface area contributed by atoms with Gasteiger partial charge in [-0.15, -0.1) is 0 Å². The number of ether oxygens (including phenoxy) is 1. The molecule has 1 aromatic heterocycles. The Hall–Kier alpha value is -1.29. The highest BCUT2D eigenvalue weighted by Gasteiger charge is 2.24. The van der Waals surface area contributed by atoms with Gasteiger partial charge in [-0.1, -0.05) is 20.8 Å². The third kappa shape index (κ3) is 4.39. The second-order valence-corrected chi connectivity index (χ2v) is 4.96. The molecule has 0 unspecified atom stereocenters. The number of nitrogens with zero attached hydrogens (tertiary/aromatic N) is 1. The maximum Gasteiger partial charge on any atom is 0.168 e. The van der Waals surface area contributed by atoms with Gasteiger partial charge in [-0.3, -0.25) is 0 Å². The van der Waals surface area contributed by atoms with E-state index in [9.17, 15) is 0 Å². The van der Waals surface area contributed by atoms with Crippen molar-refractivity contribution in [3.8, 4) is 5.75 Å². The molecule has 0 aromatic carbocycles. The summed E-state index contributed by atoms with van der Waals surface area (Å²) in [6.45, 7) is 8.69. The Labute approximate surface area is 116 Å². The molecule has 108 valence electrons. The molecule has 0 atom stereocenters. The molecule has 0 amide bonds. The Bertz CT molecular complexity index is 356. The van der Waals surface area contributed by atoms with Crippen molar-refractivity contribution in [3.05, 3.63) is 18.3 Å². The number of hydrogen-bond acceptors (Lipinski definition) is 4. The van der Waals surface area contributed by atoms with Crippen LogP contribution in [0.2, 0.25) is 0 Å². The summed E-state index contributed by atoms with van der Waals surface area (Å²) in [5.41, 5.74) is 6.06. The second kappa shape index (κ2) is 8.00. The molecule has 1 heterocycles. The van der Waals surface area contributed by atoms with E-state index in [2.05, 4.69) is 31.1 Å². The maximum absolute atomic E-state index is 5.92. The van der Waals surface area contributed by atoms with Crippen molar-refractivity contribution in [2.24, 2.45) is 11.1 Å². The van der Waals surface area contributed by atoms with Crippen molar-refractivity contribution < 1.29 is 4.74 Å². The number of nitrogens with one attached hydrogen (secondary N) is 1. The van der Waals surface area contributed by atoms with Crippen LogP contribution in [0.3, 0.4) is 0 Å². The summed E-state index contributed by atoms with van der Waals surface area (Å²) in [6, 6.07) is 3.85. The molecule has 4 heteroatoms. The average molecular weight is 265 g/mol. The van der Waals surface area contributed by atoms with Crippen molar-refractivity contribution in [2.75, 3.05) is 25.0 Å². The summed E-state index contributed by atoms with van der Waals surface area (Å²) in [4.78, 5) is 4.36. The summed E-state index contributed by atoms with van der Waals surface area (Å²) in [7, 11) is 0. The molecule has 0 radical (unpaired) electrons. The van der Waals surface area contributed by atoms with Crippen molar-refractivity contribution >= 4 is 5.82 Å². The number of rotatable bonds is 9. The summed E-state index contributed by atoms with van der Waals surface area (Å²) in [5.74, 6) is 1.64. The van der Waals surface area contributed by atoms with Gasteiger partial charge in [0.05, 0.1) is 6.61 Å². The Morgan fingerprint density at radius 1 is 1.32 bits per heavy atom. The van der Waals surface area contributed by atoms with Crippen LogP contribution in [-0.2, 0) is 0 Å². The van der Waals surface area contributed by atoms with Gasteiger partial charge in [0.2, 0.25) is 0 Å². The summed E-state index contributed by atoms with van der Waals surface area (Å²) in [5, 5.41) is 3.40. The highest BCUT2D eigenvalue weighted by molar-refractivity contribution is 5.49. The summed E-state index contributed by atoms with van der Waals surface area (Å²) < 4.78 is 5.70. The van der Waals surface area contributed by atoms with Gasteiger partial charge in [0.15, 0.2) is 11.6 Å². The molecule has 0 bridgehead atoms. The second-order valence-electron chi connectivity index (χ2n) is 4.96. The van der Waals surface area contributed by atoms with Gasteiger partial charge in [0.1, 0.15) is 0 Å². The molecule has 0 aliphatic carbocycles. The molecule has 0 spiro atoms. The lowest BCUT2D eigenvalue weighted by molar-refractivity contribution is 0.292. The first-order valence-corrected chi connectivity index (χ1v) is 7.23. The molecule has 0 saturated carbocycles. The van der Waals surface area contributed by atoms with E-state index < -0.39 is 0 Å². The molecule has 1 rings (SSSR count). The van der Waals surface area contributed by atoms with Gasteiger partial charge in [0, 0.05) is 12.7 Å². The van der Waals surface area contributed by atoms with Crippen LogP contribution >= 0.6 is 0 Å². The lowest BCUT2D eigenvalue weighted by atomic mass is 9.82. The van der Waals surface area contributed by atoms with Gasteiger partial charge in [-0.25, -0.2) is 4.98 Å². The largest absolute Gasteiger partial charge is 0.490 e. The van der Waals surface area contributed by atoms with Gasteiger partial charge in [-0.2, -0.15) is 0 Å². The Kier molecular flexibility index (Phi) is 6.64. The fraction of sp³-hybridized carbons (Fsp3) is 0.667. The van der Waals surface area contributed by atoms with E-state index in [0.29, 0.717) is 13.2 Å². The molecule has 0 saturated heterocycles. The van der Waals surface area contributed by atoms with Crippen LogP contribution in [0.15, 0.2) is 18.3 Å². The Morgan fingerprint density at radius 3 is 2.63 bits per heavy atom. The van der Waals surface area contributed by atoms with Crippen LogP contribution in [0.1, 0.15) is 40.0 Å². The third-order valence-electron chi connectivity index (χ3n) is 3.80. The lowest BCUT2D eigenvalue weighted by Crippen LogP contribution is -2.36. The zero-order chi connectivity index (χ0) is 14.1. The van der Waals surface area contributed by atoms with E-state index in [1.807, 2.05) is 12.1 Å². The van der Waals surface area contributed by atoms with E-state index in [1.165, 1.54) is 0 Å². The smallest absolute Gasteiger partial charge is 0.168 e. The first-order valence-electron chi connectivity index (χ1n) is 7.23. The van der Waals surface area contributed by atoms with E-state index in [-0.39, 0.29) is 5.41 Å². The number of aromatic nitrogens is 1. The first kappa shape index (κ1) is 15.8. The standard InChI is InChI=1S/C15H27N3O/c1-4-10-19-13-8-7-9-17-14(13)18-12-15(5-2,6-3)11-16/h7-9H,4-6,10-12,16H2,1-3H3,(H,17,18). The Morgan fingerprint density at radius 2 is 2.05 bits per heavy atom. The molecular formula is C15H27N3O. The van der Waals surface area contributed by atoms with E-state index in [0.717, 1.165) is 37.4 Å². The molecule has 0 fully saturated rings. The van der Waals surface area contributed by atoms with Crippen LogP contribution < -0.4 is 15.8 Å². The van der Waals surface area contributed by atoms with Crippen LogP contribution in [0.5, 0.6) is 5.75 Å². The normalized spacial score (nSPS) is 11.4. The van der Waals surface area contributed by atoms with Crippen LogP contribution in [0.4, 0.5) is 5.82 Å². The molecule has 3 N–H and O–H groups in total. The average Bonchev–Trinajstić information content (AvgIpc) is 2.48. The molecule has 4 nitrogen and oxygen atoms in total. The van der Waals surface area contributed by atoms with Crippen LogP contribution in [0, 0.1) is 5.41 Å². The maximum atomic E-state index is 5.92. The predicted molar refractivity (Wildman–Crippen MR) is 80.6 cm³/mol. The molecule has 0 aliphatic heterocycles. The predicted octanol–water partition coefficient (Wildman–Crippen LogP) is 3.05. The minimum Gasteiger partial charge on any atom is -0.490 e. The van der Waals surface area contributed by atoms with Gasteiger partial charge >= 0.3 is 0 Å². The number of pyridine rings is 1. The first-order chi connectivity index (χ1) is 9.21. The Balaban J connectivity index is 2.71. The van der Waals surface area contributed by atoms with Crippen LogP contribution in [0.25, 0.3) is 0 Å². The summed E-state index contributed by atoms with van der Waals surface area (Å²) >= 11 is 0. The lowest BCUT2D eigenvalue weighted by Gasteiger charge is -2.30. The van der Waals surface area contributed by atoms with E-state index in [1.54, 1.807) is 6.20 Å². The van der Waals surface area contributed by atoms with Gasteiger partial charge in [0.25, 0.3) is 0 Å². The fourth-order valence-electron chi connectivity index (χ4n) is 1.98.